The van der Waals surface area contributed by atoms with E-state index in [9.17, 15) is 5.11 Å². The number of aromatic nitrogens is 3. The first kappa shape index (κ1) is 12.9. The van der Waals surface area contributed by atoms with E-state index in [1.54, 1.807) is 43.2 Å². The Bertz CT molecular complexity index is 542. The molecule has 2 rings (SSSR count). The Labute approximate surface area is 110 Å². The smallest absolute Gasteiger partial charge is 0.137 e. The number of rotatable bonds is 4. The van der Waals surface area contributed by atoms with Crippen LogP contribution in [0.2, 0.25) is 5.02 Å². The lowest BCUT2D eigenvalue weighted by Crippen LogP contribution is -2.02. The second-order valence-electron chi connectivity index (χ2n) is 4.00. The molecule has 0 spiro atoms. The molecule has 5 nitrogen and oxygen atoms in total. The Morgan fingerprint density at radius 3 is 2.83 bits per heavy atom. The van der Waals surface area contributed by atoms with E-state index in [-0.39, 0.29) is 0 Å². The second-order valence-corrected chi connectivity index (χ2v) is 4.40. The van der Waals surface area contributed by atoms with Gasteiger partial charge in [0.15, 0.2) is 0 Å². The minimum Gasteiger partial charge on any atom is -0.495 e. The van der Waals surface area contributed by atoms with Crippen LogP contribution in [0.3, 0.4) is 0 Å². The fourth-order valence-corrected chi connectivity index (χ4v) is 1.96. The molecule has 96 valence electrons. The molecule has 0 aliphatic carbocycles. The molecule has 1 aromatic carbocycles. The zero-order chi connectivity index (χ0) is 13.1. The topological polar surface area (TPSA) is 60.2 Å². The van der Waals surface area contributed by atoms with Gasteiger partial charge >= 0.3 is 0 Å². The van der Waals surface area contributed by atoms with Crippen LogP contribution in [0.5, 0.6) is 5.75 Å². The highest BCUT2D eigenvalue weighted by Gasteiger charge is 2.12. The van der Waals surface area contributed by atoms with E-state index >= 15 is 0 Å². The number of methoxy groups -OCH3 is 1. The fourth-order valence-electron chi connectivity index (χ4n) is 1.69. The van der Waals surface area contributed by atoms with Gasteiger partial charge in [-0.25, -0.2) is 0 Å². The minimum atomic E-state index is -0.662. The fraction of sp³-hybridized carbons (Fsp3) is 0.333. The van der Waals surface area contributed by atoms with Crippen LogP contribution in [0.25, 0.3) is 0 Å². The molecule has 1 aromatic heterocycles. The molecule has 0 bridgehead atoms. The van der Waals surface area contributed by atoms with E-state index in [4.69, 9.17) is 16.3 Å². The summed E-state index contributed by atoms with van der Waals surface area (Å²) in [7, 11) is 3.34. The average molecular weight is 268 g/mol. The van der Waals surface area contributed by atoms with Gasteiger partial charge in [0.25, 0.3) is 0 Å². The van der Waals surface area contributed by atoms with Gasteiger partial charge in [0.2, 0.25) is 0 Å². The van der Waals surface area contributed by atoms with Crippen molar-refractivity contribution in [1.82, 2.24) is 15.0 Å². The lowest BCUT2D eigenvalue weighted by molar-refractivity contribution is 0.177. The van der Waals surface area contributed by atoms with Gasteiger partial charge in [0.05, 0.1) is 23.9 Å². The zero-order valence-electron chi connectivity index (χ0n) is 10.2. The molecule has 1 unspecified atom stereocenters. The first-order valence-corrected chi connectivity index (χ1v) is 5.84. The van der Waals surface area contributed by atoms with Crippen molar-refractivity contribution in [1.29, 1.82) is 0 Å². The van der Waals surface area contributed by atoms with E-state index in [1.165, 1.54) is 0 Å². The van der Waals surface area contributed by atoms with Crippen LogP contribution in [-0.2, 0) is 13.5 Å². The molecule has 0 aliphatic heterocycles. The lowest BCUT2D eigenvalue weighted by atomic mass is 10.1. The average Bonchev–Trinajstić information content (AvgIpc) is 2.74. The third-order valence-electron chi connectivity index (χ3n) is 2.61. The molecule has 0 amide bonds. The molecular formula is C12H14ClN3O2. The van der Waals surface area contributed by atoms with E-state index in [0.29, 0.717) is 17.2 Å². The van der Waals surface area contributed by atoms with Gasteiger partial charge in [0, 0.05) is 19.7 Å². The largest absolute Gasteiger partial charge is 0.495 e. The third-order valence-corrected chi connectivity index (χ3v) is 2.91. The summed E-state index contributed by atoms with van der Waals surface area (Å²) in [6.45, 7) is 0. The third kappa shape index (κ3) is 2.80. The molecule has 0 saturated carbocycles. The molecule has 0 radical (unpaired) electrons. The predicted molar refractivity (Wildman–Crippen MR) is 67.7 cm³/mol. The number of benzene rings is 1. The van der Waals surface area contributed by atoms with Gasteiger partial charge in [-0.3, -0.25) is 4.68 Å². The van der Waals surface area contributed by atoms with Crippen molar-refractivity contribution < 1.29 is 9.84 Å². The van der Waals surface area contributed by atoms with Crippen molar-refractivity contribution >= 4 is 11.6 Å². The number of hydrogen-bond donors (Lipinski definition) is 1. The van der Waals surface area contributed by atoms with E-state index < -0.39 is 6.10 Å². The summed E-state index contributed by atoms with van der Waals surface area (Å²) in [5.74, 6) is 0.590. The Balaban J connectivity index is 2.13. The number of hydrogen-bond acceptors (Lipinski definition) is 4. The standard InChI is InChI=1S/C12H14ClN3O2/c1-16-7-9(14-15-16)6-11(17)8-3-4-12(18-2)10(13)5-8/h3-5,7,11,17H,6H2,1-2H3. The molecule has 0 fully saturated rings. The van der Waals surface area contributed by atoms with Crippen LogP contribution in [0.1, 0.15) is 17.4 Å². The van der Waals surface area contributed by atoms with Crippen LogP contribution in [-0.4, -0.2) is 27.2 Å². The number of halogens is 1. The molecule has 2 aromatic rings. The maximum Gasteiger partial charge on any atom is 0.137 e. The summed E-state index contributed by atoms with van der Waals surface area (Å²) in [5, 5.41) is 18.3. The summed E-state index contributed by atoms with van der Waals surface area (Å²) < 4.78 is 6.66. The van der Waals surface area contributed by atoms with Gasteiger partial charge < -0.3 is 9.84 Å². The molecule has 0 saturated heterocycles. The summed E-state index contributed by atoms with van der Waals surface area (Å²) in [4.78, 5) is 0. The van der Waals surface area contributed by atoms with Gasteiger partial charge in [-0.15, -0.1) is 5.10 Å². The van der Waals surface area contributed by atoms with Crippen molar-refractivity contribution in [3.63, 3.8) is 0 Å². The van der Waals surface area contributed by atoms with Crippen molar-refractivity contribution in [2.45, 2.75) is 12.5 Å². The van der Waals surface area contributed by atoms with Crippen LogP contribution in [0.4, 0.5) is 0 Å². The van der Waals surface area contributed by atoms with E-state index in [2.05, 4.69) is 10.3 Å². The molecule has 1 heterocycles. The zero-order valence-corrected chi connectivity index (χ0v) is 10.9. The minimum absolute atomic E-state index is 0.399. The second kappa shape index (κ2) is 5.37. The molecule has 1 atom stereocenters. The first-order chi connectivity index (χ1) is 8.60. The highest BCUT2D eigenvalue weighted by molar-refractivity contribution is 6.32. The van der Waals surface area contributed by atoms with Crippen LogP contribution < -0.4 is 4.74 Å². The molecule has 18 heavy (non-hydrogen) atoms. The van der Waals surface area contributed by atoms with Crippen LogP contribution >= 0.6 is 11.6 Å². The molecule has 0 aliphatic rings. The van der Waals surface area contributed by atoms with Crippen molar-refractivity contribution in [3.05, 3.63) is 40.7 Å². The van der Waals surface area contributed by atoms with Crippen molar-refractivity contribution in [3.8, 4) is 5.75 Å². The van der Waals surface area contributed by atoms with Gasteiger partial charge in [-0.1, -0.05) is 22.9 Å². The monoisotopic (exact) mass is 267 g/mol. The Hall–Kier alpha value is -1.59. The van der Waals surface area contributed by atoms with E-state index in [1.807, 2.05) is 0 Å². The van der Waals surface area contributed by atoms with Crippen molar-refractivity contribution in [2.24, 2.45) is 7.05 Å². The molecular weight excluding hydrogens is 254 g/mol. The Morgan fingerprint density at radius 1 is 1.50 bits per heavy atom. The number of ether oxygens (including phenoxy) is 1. The predicted octanol–water partition coefficient (Wildman–Crippen LogP) is 1.75. The molecule has 6 heteroatoms. The van der Waals surface area contributed by atoms with Gasteiger partial charge in [-0.05, 0) is 17.7 Å². The number of nitrogens with zero attached hydrogens (tertiary/aromatic N) is 3. The summed E-state index contributed by atoms with van der Waals surface area (Å²) in [6.07, 6.45) is 1.51. The first-order valence-electron chi connectivity index (χ1n) is 5.47. The Morgan fingerprint density at radius 2 is 2.28 bits per heavy atom. The summed E-state index contributed by atoms with van der Waals surface area (Å²) >= 11 is 6.01. The number of aryl methyl sites for hydroxylation is 1. The van der Waals surface area contributed by atoms with Gasteiger partial charge in [0.1, 0.15) is 5.75 Å². The van der Waals surface area contributed by atoms with Crippen LogP contribution in [0, 0.1) is 0 Å². The number of aliphatic hydroxyl groups excluding tert-OH is 1. The maximum absolute atomic E-state index is 10.1. The van der Waals surface area contributed by atoms with Crippen LogP contribution in [0.15, 0.2) is 24.4 Å². The normalized spacial score (nSPS) is 12.4. The quantitative estimate of drug-likeness (QED) is 0.917. The summed E-state index contributed by atoms with van der Waals surface area (Å²) in [6, 6.07) is 5.21. The summed E-state index contributed by atoms with van der Waals surface area (Å²) in [5.41, 5.74) is 1.46. The highest BCUT2D eigenvalue weighted by atomic mass is 35.5. The maximum atomic E-state index is 10.1. The molecule has 1 N–H and O–H groups in total. The lowest BCUT2D eigenvalue weighted by Gasteiger charge is -2.11. The Kier molecular flexibility index (Phi) is 3.84. The number of aliphatic hydroxyl groups is 1. The SMILES string of the molecule is COc1ccc(C(O)Cc2cn(C)nn2)cc1Cl. The van der Waals surface area contributed by atoms with Crippen molar-refractivity contribution in [2.75, 3.05) is 7.11 Å². The van der Waals surface area contributed by atoms with E-state index in [0.717, 1.165) is 11.3 Å². The highest BCUT2D eigenvalue weighted by Crippen LogP contribution is 2.28. The van der Waals surface area contributed by atoms with Gasteiger partial charge in [-0.2, -0.15) is 0 Å².